The Morgan fingerprint density at radius 3 is 2.70 bits per heavy atom. The maximum absolute atomic E-state index is 8.36. The molecule has 0 aliphatic carbocycles. The van der Waals surface area contributed by atoms with E-state index in [1.54, 1.807) is 0 Å². The molecule has 6 nitrogen and oxygen atoms in total. The van der Waals surface area contributed by atoms with E-state index >= 15 is 0 Å². The number of nitrogens with one attached hydrogen (secondary N) is 1. The summed E-state index contributed by atoms with van der Waals surface area (Å²) in [6.07, 6.45) is 1.56. The van der Waals surface area contributed by atoms with Gasteiger partial charge in [0.25, 0.3) is 0 Å². The third kappa shape index (κ3) is 4.82. The van der Waals surface area contributed by atoms with Crippen molar-refractivity contribution in [2.75, 3.05) is 18.9 Å². The van der Waals surface area contributed by atoms with Gasteiger partial charge in [-0.15, -0.1) is 10.2 Å². The van der Waals surface area contributed by atoms with Gasteiger partial charge in [0, 0.05) is 18.8 Å². The summed E-state index contributed by atoms with van der Waals surface area (Å²) in [6, 6.07) is 9.62. The zero-order valence-corrected chi connectivity index (χ0v) is 13.6. The van der Waals surface area contributed by atoms with E-state index in [-0.39, 0.29) is 11.9 Å². The first-order chi connectivity index (χ1) is 11.1. The summed E-state index contributed by atoms with van der Waals surface area (Å²) < 4.78 is 5.55. The van der Waals surface area contributed by atoms with Gasteiger partial charge in [0.15, 0.2) is 0 Å². The predicted octanol–water partition coefficient (Wildman–Crippen LogP) is 2.94. The van der Waals surface area contributed by atoms with Gasteiger partial charge >= 0.3 is 0 Å². The Morgan fingerprint density at radius 2 is 2.00 bits per heavy atom. The lowest BCUT2D eigenvalue weighted by atomic mass is 10.00. The molecule has 0 saturated heterocycles. The molecule has 0 amide bonds. The molecule has 1 unspecified atom stereocenters. The van der Waals surface area contributed by atoms with Gasteiger partial charge in [-0.1, -0.05) is 44.2 Å². The second-order valence-electron chi connectivity index (χ2n) is 5.60. The van der Waals surface area contributed by atoms with Crippen molar-refractivity contribution in [3.05, 3.63) is 36.0 Å². The molecule has 1 atom stereocenters. The third-order valence-corrected chi connectivity index (χ3v) is 3.34. The zero-order valence-electron chi connectivity index (χ0n) is 13.6. The standard InChI is InChI=1S/C17H23N5O/c1-3-9-23-11-12(2)10-14(18)16-15(20-17(19)22-21-16)13-7-5-4-6-8-13/h4-8,12,18H,3,9-11H2,1-2H3,(H2,19,20,22). The van der Waals surface area contributed by atoms with Crippen LogP contribution in [0.2, 0.25) is 0 Å². The molecule has 2 rings (SSSR count). The fourth-order valence-corrected chi connectivity index (χ4v) is 2.27. The quantitative estimate of drug-likeness (QED) is 0.577. The van der Waals surface area contributed by atoms with Crippen molar-refractivity contribution >= 4 is 11.7 Å². The van der Waals surface area contributed by atoms with Crippen LogP contribution in [0.15, 0.2) is 30.3 Å². The number of ether oxygens (including phenoxy) is 1. The van der Waals surface area contributed by atoms with Gasteiger partial charge in [0.1, 0.15) is 11.4 Å². The van der Waals surface area contributed by atoms with Crippen molar-refractivity contribution in [1.82, 2.24) is 15.2 Å². The highest BCUT2D eigenvalue weighted by molar-refractivity contribution is 6.01. The molecule has 0 spiro atoms. The molecular weight excluding hydrogens is 290 g/mol. The third-order valence-electron chi connectivity index (χ3n) is 3.34. The molecule has 0 aliphatic heterocycles. The van der Waals surface area contributed by atoms with Crippen LogP contribution in [0.4, 0.5) is 5.95 Å². The molecule has 3 N–H and O–H groups in total. The molecule has 0 fully saturated rings. The minimum atomic E-state index is 0.111. The van der Waals surface area contributed by atoms with E-state index in [1.165, 1.54) is 0 Å². The Morgan fingerprint density at radius 1 is 1.26 bits per heavy atom. The van der Waals surface area contributed by atoms with Crippen LogP contribution >= 0.6 is 0 Å². The fraction of sp³-hybridized carbons (Fsp3) is 0.412. The van der Waals surface area contributed by atoms with Gasteiger partial charge in [-0.3, -0.25) is 0 Å². The molecule has 1 heterocycles. The minimum Gasteiger partial charge on any atom is -0.381 e. The lowest BCUT2D eigenvalue weighted by molar-refractivity contribution is 0.107. The average Bonchev–Trinajstić information content (AvgIpc) is 2.55. The molecular formula is C17H23N5O. The molecule has 23 heavy (non-hydrogen) atoms. The van der Waals surface area contributed by atoms with E-state index in [2.05, 4.69) is 29.0 Å². The normalized spacial score (nSPS) is 12.1. The van der Waals surface area contributed by atoms with Crippen molar-refractivity contribution in [2.45, 2.75) is 26.7 Å². The van der Waals surface area contributed by atoms with Crippen LogP contribution in [0.3, 0.4) is 0 Å². The highest BCUT2D eigenvalue weighted by Gasteiger charge is 2.17. The van der Waals surface area contributed by atoms with Crippen molar-refractivity contribution in [1.29, 1.82) is 5.41 Å². The predicted molar refractivity (Wildman–Crippen MR) is 91.4 cm³/mol. The van der Waals surface area contributed by atoms with E-state index in [4.69, 9.17) is 15.9 Å². The maximum Gasteiger partial charge on any atom is 0.240 e. The summed E-state index contributed by atoms with van der Waals surface area (Å²) >= 11 is 0. The second-order valence-corrected chi connectivity index (χ2v) is 5.60. The first-order valence-corrected chi connectivity index (χ1v) is 7.83. The number of benzene rings is 1. The van der Waals surface area contributed by atoms with Crippen molar-refractivity contribution in [2.24, 2.45) is 5.92 Å². The number of nitrogens with zero attached hydrogens (tertiary/aromatic N) is 3. The summed E-state index contributed by atoms with van der Waals surface area (Å²) in [5.74, 6) is 0.344. The molecule has 2 aromatic rings. The van der Waals surface area contributed by atoms with Gasteiger partial charge in [0.05, 0.1) is 5.71 Å². The van der Waals surface area contributed by atoms with Gasteiger partial charge in [-0.25, -0.2) is 4.98 Å². The van der Waals surface area contributed by atoms with Crippen LogP contribution in [0.5, 0.6) is 0 Å². The number of rotatable bonds is 8. The van der Waals surface area contributed by atoms with Gasteiger partial charge < -0.3 is 15.9 Å². The summed E-state index contributed by atoms with van der Waals surface area (Å²) in [4.78, 5) is 4.28. The number of nitrogens with two attached hydrogens (primary N) is 1. The first kappa shape index (κ1) is 17.0. The fourth-order valence-electron chi connectivity index (χ4n) is 2.27. The Labute approximate surface area is 136 Å². The van der Waals surface area contributed by atoms with E-state index in [0.717, 1.165) is 18.6 Å². The van der Waals surface area contributed by atoms with Gasteiger partial charge in [0.2, 0.25) is 5.95 Å². The topological polar surface area (TPSA) is 97.8 Å². The molecule has 6 heteroatoms. The Kier molecular flexibility index (Phi) is 6.17. The molecule has 1 aromatic heterocycles. The molecule has 0 bridgehead atoms. The monoisotopic (exact) mass is 313 g/mol. The van der Waals surface area contributed by atoms with Crippen LogP contribution in [0.1, 0.15) is 32.4 Å². The summed E-state index contributed by atoms with van der Waals surface area (Å²) in [6.45, 7) is 5.52. The first-order valence-electron chi connectivity index (χ1n) is 7.83. The van der Waals surface area contributed by atoms with Crippen LogP contribution in [-0.4, -0.2) is 34.1 Å². The van der Waals surface area contributed by atoms with Crippen molar-refractivity contribution in [3.8, 4) is 11.3 Å². The molecule has 122 valence electrons. The Bertz CT molecular complexity index is 645. The lowest BCUT2D eigenvalue weighted by Crippen LogP contribution is -2.16. The van der Waals surface area contributed by atoms with Crippen LogP contribution in [-0.2, 0) is 4.74 Å². The van der Waals surface area contributed by atoms with Crippen LogP contribution < -0.4 is 5.73 Å². The molecule has 0 aliphatic rings. The van der Waals surface area contributed by atoms with Gasteiger partial charge in [-0.2, -0.15) is 0 Å². The maximum atomic E-state index is 8.36. The number of nitrogen functional groups attached to an aromatic ring is 1. The SMILES string of the molecule is CCCOCC(C)CC(=N)c1nnc(N)nc1-c1ccccc1. The summed E-state index contributed by atoms with van der Waals surface area (Å²) in [5.41, 5.74) is 8.03. The number of hydrogen-bond acceptors (Lipinski definition) is 6. The van der Waals surface area contributed by atoms with E-state index in [9.17, 15) is 0 Å². The molecule has 0 saturated carbocycles. The number of anilines is 1. The second kappa shape index (κ2) is 8.33. The van der Waals surface area contributed by atoms with Crippen LogP contribution in [0.25, 0.3) is 11.3 Å². The summed E-state index contributed by atoms with van der Waals surface area (Å²) in [5, 5.41) is 16.3. The highest BCUT2D eigenvalue weighted by Crippen LogP contribution is 2.22. The van der Waals surface area contributed by atoms with Crippen molar-refractivity contribution in [3.63, 3.8) is 0 Å². The number of aromatic nitrogens is 3. The van der Waals surface area contributed by atoms with E-state index < -0.39 is 0 Å². The van der Waals surface area contributed by atoms with Crippen LogP contribution in [0, 0.1) is 11.3 Å². The van der Waals surface area contributed by atoms with E-state index in [0.29, 0.717) is 30.1 Å². The van der Waals surface area contributed by atoms with Gasteiger partial charge in [-0.05, 0) is 18.8 Å². The number of hydrogen-bond donors (Lipinski definition) is 2. The smallest absolute Gasteiger partial charge is 0.240 e. The minimum absolute atomic E-state index is 0.111. The zero-order chi connectivity index (χ0) is 16.7. The van der Waals surface area contributed by atoms with E-state index in [1.807, 2.05) is 30.3 Å². The summed E-state index contributed by atoms with van der Waals surface area (Å²) in [7, 11) is 0. The lowest BCUT2D eigenvalue weighted by Gasteiger charge is -2.14. The Hall–Kier alpha value is -2.34. The molecule has 1 aromatic carbocycles. The van der Waals surface area contributed by atoms with Crippen molar-refractivity contribution < 1.29 is 4.74 Å². The molecule has 0 radical (unpaired) electrons. The average molecular weight is 313 g/mol. The Balaban J connectivity index is 2.17. The highest BCUT2D eigenvalue weighted by atomic mass is 16.5. The largest absolute Gasteiger partial charge is 0.381 e.